The third kappa shape index (κ3) is 2.91. The van der Waals surface area contributed by atoms with Crippen molar-refractivity contribution in [3.63, 3.8) is 0 Å². The van der Waals surface area contributed by atoms with Gasteiger partial charge in [-0.1, -0.05) is 30.3 Å². The maximum Gasteiger partial charge on any atom is 0.410 e. The monoisotopic (exact) mass is 279 g/mol. The summed E-state index contributed by atoms with van der Waals surface area (Å²) in [5.74, 6) is -1.05. The molecule has 0 unspecified atom stereocenters. The molecule has 1 aliphatic heterocycles. The second-order valence-electron chi connectivity index (χ2n) is 4.63. The number of amides is 1. The molecule has 1 N–H and O–H groups in total. The minimum absolute atomic E-state index is 0.0177. The summed E-state index contributed by atoms with van der Waals surface area (Å²) >= 11 is 0. The van der Waals surface area contributed by atoms with Gasteiger partial charge in [0, 0.05) is 6.61 Å². The number of benzene rings is 1. The topological polar surface area (TPSA) is 76.1 Å². The molecule has 1 aromatic carbocycles. The van der Waals surface area contributed by atoms with Gasteiger partial charge in [-0.25, -0.2) is 9.59 Å². The fourth-order valence-corrected chi connectivity index (χ4v) is 2.07. The number of carbonyl (C=O) groups is 2. The molecule has 1 saturated heterocycles. The van der Waals surface area contributed by atoms with E-state index in [0.717, 1.165) is 5.56 Å². The highest BCUT2D eigenvalue weighted by Gasteiger charge is 2.53. The Morgan fingerprint density at radius 2 is 1.95 bits per heavy atom. The predicted molar refractivity (Wildman–Crippen MR) is 70.2 cm³/mol. The minimum Gasteiger partial charge on any atom is -0.479 e. The van der Waals surface area contributed by atoms with Crippen LogP contribution in [0.5, 0.6) is 0 Å². The smallest absolute Gasteiger partial charge is 0.410 e. The molecule has 0 atom stereocenters. The fraction of sp³-hybridized carbons (Fsp3) is 0.429. The quantitative estimate of drug-likeness (QED) is 0.884. The molecule has 0 aromatic heterocycles. The number of hydrogen-bond acceptors (Lipinski definition) is 4. The van der Waals surface area contributed by atoms with E-state index in [1.807, 2.05) is 30.3 Å². The maximum absolute atomic E-state index is 11.8. The van der Waals surface area contributed by atoms with Crippen LogP contribution >= 0.6 is 0 Å². The number of carboxylic acids is 1. The molecule has 0 aliphatic carbocycles. The molecule has 6 heteroatoms. The summed E-state index contributed by atoms with van der Waals surface area (Å²) in [6, 6.07) is 9.30. The van der Waals surface area contributed by atoms with Crippen LogP contribution in [0.2, 0.25) is 0 Å². The number of rotatable bonds is 5. The van der Waals surface area contributed by atoms with E-state index < -0.39 is 17.7 Å². The maximum atomic E-state index is 11.8. The summed E-state index contributed by atoms with van der Waals surface area (Å²) in [5, 5.41) is 9.12. The van der Waals surface area contributed by atoms with Crippen molar-refractivity contribution in [2.45, 2.75) is 19.1 Å². The second-order valence-corrected chi connectivity index (χ2v) is 4.63. The van der Waals surface area contributed by atoms with Crippen LogP contribution in [0.4, 0.5) is 4.79 Å². The Morgan fingerprint density at radius 1 is 1.30 bits per heavy atom. The van der Waals surface area contributed by atoms with Gasteiger partial charge in [-0.2, -0.15) is 0 Å². The van der Waals surface area contributed by atoms with Crippen molar-refractivity contribution in [1.82, 2.24) is 4.90 Å². The van der Waals surface area contributed by atoms with Crippen LogP contribution in [0.15, 0.2) is 30.3 Å². The van der Waals surface area contributed by atoms with Crippen molar-refractivity contribution < 1.29 is 24.2 Å². The number of carbonyl (C=O) groups excluding carboxylic acids is 1. The number of carboxylic acid groups (broad SMARTS) is 1. The van der Waals surface area contributed by atoms with Crippen molar-refractivity contribution in [3.05, 3.63) is 35.9 Å². The van der Waals surface area contributed by atoms with Crippen molar-refractivity contribution in [3.8, 4) is 0 Å². The zero-order valence-corrected chi connectivity index (χ0v) is 11.2. The molecule has 108 valence electrons. The first kappa shape index (κ1) is 14.3. The van der Waals surface area contributed by atoms with E-state index in [2.05, 4.69) is 0 Å². The summed E-state index contributed by atoms with van der Waals surface area (Å²) in [4.78, 5) is 24.2. The zero-order chi connectivity index (χ0) is 14.6. The molecule has 1 aromatic rings. The lowest BCUT2D eigenvalue weighted by molar-refractivity contribution is -0.186. The molecule has 1 fully saturated rings. The normalized spacial score (nSPS) is 16.4. The standard InChI is InChI=1S/C14H17NO5/c1-2-20-14(12(16)17)9-15(10-14)13(18)19-8-11-6-4-3-5-7-11/h3-7H,2,8-10H2,1H3,(H,16,17). The first-order valence-corrected chi connectivity index (χ1v) is 6.40. The Bertz CT molecular complexity index is 482. The van der Waals surface area contributed by atoms with Crippen LogP contribution in [0.1, 0.15) is 12.5 Å². The van der Waals surface area contributed by atoms with Gasteiger partial charge < -0.3 is 19.5 Å². The van der Waals surface area contributed by atoms with E-state index in [1.54, 1.807) is 6.92 Å². The Morgan fingerprint density at radius 3 is 2.50 bits per heavy atom. The van der Waals surface area contributed by atoms with E-state index >= 15 is 0 Å². The highest BCUT2D eigenvalue weighted by Crippen LogP contribution is 2.26. The molecule has 1 heterocycles. The van der Waals surface area contributed by atoms with Gasteiger partial charge in [0.2, 0.25) is 0 Å². The van der Waals surface area contributed by atoms with Crippen molar-refractivity contribution in [2.24, 2.45) is 0 Å². The van der Waals surface area contributed by atoms with Crippen LogP contribution in [-0.2, 0) is 20.9 Å². The summed E-state index contributed by atoms with van der Waals surface area (Å²) in [6.07, 6.45) is -0.523. The summed E-state index contributed by atoms with van der Waals surface area (Å²) < 4.78 is 10.3. The predicted octanol–water partition coefficient (Wildman–Crippen LogP) is 1.50. The first-order chi connectivity index (χ1) is 9.57. The van der Waals surface area contributed by atoms with E-state index in [9.17, 15) is 9.59 Å². The molecule has 6 nitrogen and oxygen atoms in total. The minimum atomic E-state index is -1.28. The van der Waals surface area contributed by atoms with Gasteiger partial charge >= 0.3 is 12.1 Å². The lowest BCUT2D eigenvalue weighted by Gasteiger charge is -2.45. The Labute approximate surface area is 116 Å². The van der Waals surface area contributed by atoms with Gasteiger partial charge in [0.15, 0.2) is 5.60 Å². The van der Waals surface area contributed by atoms with Gasteiger partial charge in [0.1, 0.15) is 6.61 Å². The molecular weight excluding hydrogens is 262 g/mol. The van der Waals surface area contributed by atoms with Gasteiger partial charge in [-0.05, 0) is 12.5 Å². The summed E-state index contributed by atoms with van der Waals surface area (Å²) in [7, 11) is 0. The Balaban J connectivity index is 1.83. The van der Waals surface area contributed by atoms with Crippen LogP contribution in [-0.4, -0.2) is 47.4 Å². The lowest BCUT2D eigenvalue weighted by atomic mass is 9.94. The van der Waals surface area contributed by atoms with Crippen molar-refractivity contribution in [2.75, 3.05) is 19.7 Å². The number of hydrogen-bond donors (Lipinski definition) is 1. The first-order valence-electron chi connectivity index (χ1n) is 6.40. The molecule has 20 heavy (non-hydrogen) atoms. The molecule has 1 aliphatic rings. The highest BCUT2D eigenvalue weighted by atomic mass is 16.6. The number of likely N-dealkylation sites (tertiary alicyclic amines) is 1. The van der Waals surface area contributed by atoms with E-state index in [4.69, 9.17) is 14.6 Å². The Kier molecular flexibility index (Phi) is 4.24. The van der Waals surface area contributed by atoms with E-state index in [0.29, 0.717) is 6.61 Å². The molecule has 0 spiro atoms. The molecule has 0 bridgehead atoms. The van der Waals surface area contributed by atoms with Crippen molar-refractivity contribution in [1.29, 1.82) is 0 Å². The van der Waals surface area contributed by atoms with Crippen LogP contribution in [0.3, 0.4) is 0 Å². The van der Waals surface area contributed by atoms with Crippen LogP contribution in [0.25, 0.3) is 0 Å². The average molecular weight is 279 g/mol. The van der Waals surface area contributed by atoms with Gasteiger partial charge in [-0.3, -0.25) is 0 Å². The second kappa shape index (κ2) is 5.92. The van der Waals surface area contributed by atoms with Gasteiger partial charge in [0.05, 0.1) is 13.1 Å². The largest absolute Gasteiger partial charge is 0.479 e. The lowest BCUT2D eigenvalue weighted by Crippen LogP contribution is -2.68. The highest BCUT2D eigenvalue weighted by molar-refractivity contribution is 5.83. The number of aliphatic carboxylic acids is 1. The van der Waals surface area contributed by atoms with Crippen molar-refractivity contribution >= 4 is 12.1 Å². The Hall–Kier alpha value is -2.08. The third-order valence-electron chi connectivity index (χ3n) is 3.17. The number of ether oxygens (including phenoxy) is 2. The zero-order valence-electron chi connectivity index (χ0n) is 11.2. The number of nitrogens with zero attached hydrogens (tertiary/aromatic N) is 1. The SMILES string of the molecule is CCOC1(C(=O)O)CN(C(=O)OCc2ccccc2)C1. The molecule has 1 amide bonds. The summed E-state index contributed by atoms with van der Waals surface area (Å²) in [6.45, 7) is 2.22. The van der Waals surface area contributed by atoms with E-state index in [1.165, 1.54) is 4.90 Å². The average Bonchev–Trinajstić information content (AvgIpc) is 2.40. The van der Waals surface area contributed by atoms with Gasteiger partial charge in [0.25, 0.3) is 0 Å². The fourth-order valence-electron chi connectivity index (χ4n) is 2.07. The molecule has 0 saturated carbocycles. The van der Waals surface area contributed by atoms with Crippen LogP contribution in [0, 0.1) is 0 Å². The summed E-state index contributed by atoms with van der Waals surface area (Å²) in [5.41, 5.74) is -0.392. The van der Waals surface area contributed by atoms with E-state index in [-0.39, 0.29) is 19.7 Å². The van der Waals surface area contributed by atoms with Crippen LogP contribution < -0.4 is 0 Å². The third-order valence-corrected chi connectivity index (χ3v) is 3.17. The molecular formula is C14H17NO5. The molecule has 0 radical (unpaired) electrons. The van der Waals surface area contributed by atoms with Gasteiger partial charge in [-0.15, -0.1) is 0 Å². The molecule has 2 rings (SSSR count).